The molecule has 0 saturated carbocycles. The van der Waals surface area contributed by atoms with Gasteiger partial charge in [-0.2, -0.15) is 18.9 Å². The van der Waals surface area contributed by atoms with Crippen molar-refractivity contribution in [2.24, 2.45) is 11.0 Å². The highest BCUT2D eigenvalue weighted by molar-refractivity contribution is 6.28. The van der Waals surface area contributed by atoms with E-state index in [0.717, 1.165) is 18.0 Å². The molecule has 1 aliphatic rings. The molecule has 0 fully saturated rings. The van der Waals surface area contributed by atoms with Gasteiger partial charge in [-0.1, -0.05) is 12.1 Å². The van der Waals surface area contributed by atoms with Gasteiger partial charge in [0.2, 0.25) is 5.91 Å². The van der Waals surface area contributed by atoms with E-state index in [1.807, 2.05) is 0 Å². The molecule has 188 valence electrons. The molecule has 1 N–H and O–H groups in total. The molecule has 0 saturated heterocycles. The maximum Gasteiger partial charge on any atom is 0.387 e. The van der Waals surface area contributed by atoms with Crippen molar-refractivity contribution >= 4 is 28.9 Å². The number of nitrogens with one attached hydrogen (secondary N) is 1. The standard InChI is InChI=1S/C24H19F4N5O3.H2/c1-13-20(21(34)31-15-5-3-4-14(10-15)24(2,27)28)22(35)33(32-13)16-6-7-19(36-23(25)26)17(11-16)18-12-29-8-9-30-18;/h3-12,20,23H,1-2H3,(H,31,34);1H. The number of aromatic nitrogens is 2. The summed E-state index contributed by atoms with van der Waals surface area (Å²) in [5.74, 6) is -6.10. The van der Waals surface area contributed by atoms with E-state index in [-0.39, 0.29) is 41.1 Å². The highest BCUT2D eigenvalue weighted by Gasteiger charge is 2.40. The van der Waals surface area contributed by atoms with Crippen molar-refractivity contribution < 1.29 is 33.3 Å². The van der Waals surface area contributed by atoms with Gasteiger partial charge in [0.05, 0.1) is 23.3 Å². The smallest absolute Gasteiger partial charge is 0.387 e. The summed E-state index contributed by atoms with van der Waals surface area (Å²) in [5, 5.41) is 7.60. The highest BCUT2D eigenvalue weighted by atomic mass is 19.3. The van der Waals surface area contributed by atoms with Gasteiger partial charge in [-0.05, 0) is 37.3 Å². The number of amides is 2. The number of benzene rings is 2. The number of hydrazone groups is 1. The van der Waals surface area contributed by atoms with Gasteiger partial charge in [-0.15, -0.1) is 0 Å². The summed E-state index contributed by atoms with van der Waals surface area (Å²) in [6, 6.07) is 9.06. The molecule has 0 radical (unpaired) electrons. The Kier molecular flexibility index (Phi) is 6.69. The SMILES string of the molecule is CC1=NN(c2ccc(OC(F)F)c(-c3cnccn3)c2)C(=O)C1C(=O)Nc1cccc(C(C)(F)F)c1.[HH]. The summed E-state index contributed by atoms with van der Waals surface area (Å²) in [4.78, 5) is 34.0. The van der Waals surface area contributed by atoms with Gasteiger partial charge in [0.25, 0.3) is 11.8 Å². The van der Waals surface area contributed by atoms with Crippen LogP contribution in [-0.2, 0) is 15.5 Å². The van der Waals surface area contributed by atoms with Gasteiger partial charge in [-0.25, -0.2) is 8.78 Å². The lowest BCUT2D eigenvalue weighted by Gasteiger charge is -2.17. The maximum absolute atomic E-state index is 13.6. The van der Waals surface area contributed by atoms with E-state index in [2.05, 4.69) is 25.1 Å². The molecular weight excluding hydrogens is 482 g/mol. The summed E-state index contributed by atoms with van der Waals surface area (Å²) in [5.41, 5.74) is 0.466. The van der Waals surface area contributed by atoms with Crippen LogP contribution in [0.2, 0.25) is 0 Å². The van der Waals surface area contributed by atoms with E-state index < -0.39 is 30.3 Å². The molecule has 4 rings (SSSR count). The minimum Gasteiger partial charge on any atom is -0.434 e. The molecule has 36 heavy (non-hydrogen) atoms. The number of carbonyl (C=O) groups is 2. The van der Waals surface area contributed by atoms with Gasteiger partial charge in [0, 0.05) is 37.6 Å². The topological polar surface area (TPSA) is 96.8 Å². The van der Waals surface area contributed by atoms with Crippen molar-refractivity contribution in [3.05, 3.63) is 66.6 Å². The van der Waals surface area contributed by atoms with Crippen molar-refractivity contribution in [2.45, 2.75) is 26.4 Å². The van der Waals surface area contributed by atoms with Crippen molar-refractivity contribution in [1.82, 2.24) is 9.97 Å². The zero-order valence-electron chi connectivity index (χ0n) is 19.0. The molecule has 2 aromatic carbocycles. The van der Waals surface area contributed by atoms with Crippen LogP contribution in [0, 0.1) is 5.92 Å². The van der Waals surface area contributed by atoms with E-state index >= 15 is 0 Å². The van der Waals surface area contributed by atoms with Crippen molar-refractivity contribution in [2.75, 3.05) is 10.3 Å². The Hall–Kier alpha value is -4.35. The summed E-state index contributed by atoms with van der Waals surface area (Å²) < 4.78 is 57.7. The van der Waals surface area contributed by atoms with Crippen LogP contribution in [0.3, 0.4) is 0 Å². The first-order chi connectivity index (χ1) is 17.0. The highest BCUT2D eigenvalue weighted by Crippen LogP contribution is 2.35. The van der Waals surface area contributed by atoms with Crippen LogP contribution >= 0.6 is 0 Å². The van der Waals surface area contributed by atoms with Gasteiger partial charge in [0.1, 0.15) is 5.75 Å². The Morgan fingerprint density at radius 1 is 1.19 bits per heavy atom. The largest absolute Gasteiger partial charge is 0.434 e. The molecule has 12 heteroatoms. The molecule has 2 heterocycles. The van der Waals surface area contributed by atoms with E-state index in [4.69, 9.17) is 0 Å². The van der Waals surface area contributed by atoms with Crippen LogP contribution < -0.4 is 15.1 Å². The predicted octanol–water partition coefficient (Wildman–Crippen LogP) is 5.08. The zero-order chi connectivity index (χ0) is 26.0. The quantitative estimate of drug-likeness (QED) is 0.358. The van der Waals surface area contributed by atoms with Crippen molar-refractivity contribution in [1.29, 1.82) is 0 Å². The number of nitrogens with zero attached hydrogens (tertiary/aromatic N) is 4. The van der Waals surface area contributed by atoms with Crippen LogP contribution in [0.5, 0.6) is 5.75 Å². The predicted molar refractivity (Wildman–Crippen MR) is 125 cm³/mol. The normalized spacial score (nSPS) is 15.8. The fraction of sp³-hybridized carbons (Fsp3) is 0.208. The molecule has 1 unspecified atom stereocenters. The third-order valence-electron chi connectivity index (χ3n) is 5.29. The fourth-order valence-corrected chi connectivity index (χ4v) is 3.62. The monoisotopic (exact) mass is 503 g/mol. The Morgan fingerprint density at radius 3 is 2.64 bits per heavy atom. The van der Waals surface area contributed by atoms with Gasteiger partial charge in [0.15, 0.2) is 5.92 Å². The average molecular weight is 503 g/mol. The lowest BCUT2D eigenvalue weighted by molar-refractivity contribution is -0.127. The first-order valence-electron chi connectivity index (χ1n) is 10.6. The van der Waals surface area contributed by atoms with Crippen LogP contribution in [-0.4, -0.2) is 34.1 Å². The molecule has 8 nitrogen and oxygen atoms in total. The number of hydrogen-bond acceptors (Lipinski definition) is 6. The van der Waals surface area contributed by atoms with E-state index in [1.54, 1.807) is 0 Å². The lowest BCUT2D eigenvalue weighted by Crippen LogP contribution is -2.36. The molecule has 0 aliphatic carbocycles. The first-order valence-corrected chi connectivity index (χ1v) is 10.6. The molecule has 1 atom stereocenters. The third kappa shape index (κ3) is 5.16. The fourth-order valence-electron chi connectivity index (χ4n) is 3.62. The number of halogens is 4. The van der Waals surface area contributed by atoms with Crippen molar-refractivity contribution in [3.63, 3.8) is 0 Å². The maximum atomic E-state index is 13.6. The zero-order valence-corrected chi connectivity index (χ0v) is 19.0. The van der Waals surface area contributed by atoms with Gasteiger partial charge < -0.3 is 10.1 Å². The molecule has 0 bridgehead atoms. The lowest BCUT2D eigenvalue weighted by atomic mass is 10.0. The van der Waals surface area contributed by atoms with Gasteiger partial charge in [-0.3, -0.25) is 19.6 Å². The summed E-state index contributed by atoms with van der Waals surface area (Å²) in [6.45, 7) is -0.897. The van der Waals surface area contributed by atoms with Gasteiger partial charge >= 0.3 is 6.61 Å². The summed E-state index contributed by atoms with van der Waals surface area (Å²) in [6.07, 6.45) is 4.10. The van der Waals surface area contributed by atoms with E-state index in [0.29, 0.717) is 0 Å². The Labute approximate surface area is 204 Å². The minimum atomic E-state index is -3.11. The number of anilines is 2. The second-order valence-corrected chi connectivity index (χ2v) is 7.93. The number of carbonyl (C=O) groups excluding carboxylic acids is 2. The van der Waals surface area contributed by atoms with Crippen LogP contribution in [0.25, 0.3) is 11.3 Å². The Morgan fingerprint density at radius 2 is 1.97 bits per heavy atom. The van der Waals surface area contributed by atoms with E-state index in [9.17, 15) is 27.2 Å². The van der Waals surface area contributed by atoms with Crippen LogP contribution in [0.1, 0.15) is 20.8 Å². The second kappa shape index (κ2) is 9.72. The summed E-state index contributed by atoms with van der Waals surface area (Å²) >= 11 is 0. The first kappa shape index (κ1) is 24.8. The Balaban J connectivity index is 0.00000380. The summed E-state index contributed by atoms with van der Waals surface area (Å²) in [7, 11) is 0. The van der Waals surface area contributed by atoms with E-state index in [1.165, 1.54) is 61.9 Å². The molecule has 0 spiro atoms. The average Bonchev–Trinajstić information content (AvgIpc) is 3.13. The number of rotatable bonds is 7. The van der Waals surface area contributed by atoms with Crippen LogP contribution in [0.4, 0.5) is 28.9 Å². The van der Waals surface area contributed by atoms with Crippen molar-refractivity contribution in [3.8, 4) is 17.0 Å². The minimum absolute atomic E-state index is 0. The molecule has 3 aromatic rings. The molecular formula is C24H21F4N5O3. The number of hydrogen-bond donors (Lipinski definition) is 1. The molecule has 2 amide bonds. The van der Waals surface area contributed by atoms with Crippen LogP contribution in [0.15, 0.2) is 66.2 Å². The number of alkyl halides is 4. The second-order valence-electron chi connectivity index (χ2n) is 7.93. The molecule has 1 aliphatic heterocycles. The third-order valence-corrected chi connectivity index (χ3v) is 5.29. The Bertz CT molecular complexity index is 1340. The number of ether oxygens (including phenoxy) is 1. The molecule has 1 aromatic heterocycles.